The Morgan fingerprint density at radius 1 is 1.42 bits per heavy atom. The molecule has 0 radical (unpaired) electrons. The van der Waals surface area contributed by atoms with Gasteiger partial charge in [-0.05, 0) is 30.9 Å². The van der Waals surface area contributed by atoms with Crippen molar-refractivity contribution in [2.45, 2.75) is 38.2 Å². The number of carbonyl (C=O) groups excluding carboxylic acids is 1. The van der Waals surface area contributed by atoms with Crippen LogP contribution in [0.25, 0.3) is 0 Å². The minimum absolute atomic E-state index is 0.276. The molecule has 1 amide bonds. The SMILES string of the molecule is CCc1cn[nH]c1C1CCN(C(=O)[C@@H](O)c2ccccc2Cl)CC1. The Bertz CT molecular complexity index is 708. The molecule has 1 fully saturated rings. The number of likely N-dealkylation sites (tertiary alicyclic amines) is 1. The predicted molar refractivity (Wildman–Crippen MR) is 92.9 cm³/mol. The van der Waals surface area contributed by atoms with Crippen LogP contribution < -0.4 is 0 Å². The molecule has 2 heterocycles. The standard InChI is InChI=1S/C18H22ClN3O2/c1-2-12-11-20-21-16(12)13-7-9-22(10-8-13)18(24)17(23)14-5-3-4-6-15(14)19/h3-6,11,13,17,23H,2,7-10H2,1H3,(H,20,21)/t17-/m0/s1. The van der Waals surface area contributed by atoms with Crippen molar-refractivity contribution in [1.29, 1.82) is 0 Å². The smallest absolute Gasteiger partial charge is 0.256 e. The van der Waals surface area contributed by atoms with E-state index in [0.29, 0.717) is 29.6 Å². The number of nitrogens with zero attached hydrogens (tertiary/aromatic N) is 2. The van der Waals surface area contributed by atoms with Crippen LogP contribution in [0.3, 0.4) is 0 Å². The molecule has 2 aromatic rings. The molecule has 1 aliphatic rings. The lowest BCUT2D eigenvalue weighted by molar-refractivity contribution is -0.141. The van der Waals surface area contributed by atoms with Crippen molar-refractivity contribution in [3.05, 3.63) is 52.3 Å². The van der Waals surface area contributed by atoms with Gasteiger partial charge in [0.2, 0.25) is 0 Å². The van der Waals surface area contributed by atoms with E-state index in [9.17, 15) is 9.90 Å². The molecule has 24 heavy (non-hydrogen) atoms. The van der Waals surface area contributed by atoms with E-state index in [1.807, 2.05) is 6.20 Å². The van der Waals surface area contributed by atoms with E-state index in [2.05, 4.69) is 17.1 Å². The molecule has 3 rings (SSSR count). The molecule has 1 aromatic heterocycles. The van der Waals surface area contributed by atoms with Gasteiger partial charge in [-0.2, -0.15) is 5.10 Å². The third kappa shape index (κ3) is 3.32. The summed E-state index contributed by atoms with van der Waals surface area (Å²) in [4.78, 5) is 14.3. The molecule has 0 aliphatic carbocycles. The number of aryl methyl sites for hydroxylation is 1. The van der Waals surface area contributed by atoms with Crippen molar-refractivity contribution >= 4 is 17.5 Å². The Kier molecular flexibility index (Phi) is 5.21. The molecule has 5 nitrogen and oxygen atoms in total. The summed E-state index contributed by atoms with van der Waals surface area (Å²) in [5.74, 6) is 0.117. The Labute approximate surface area is 146 Å². The number of halogens is 1. The van der Waals surface area contributed by atoms with Crippen LogP contribution in [0.4, 0.5) is 0 Å². The zero-order valence-corrected chi connectivity index (χ0v) is 14.5. The van der Waals surface area contributed by atoms with Crippen molar-refractivity contribution < 1.29 is 9.90 Å². The first-order chi connectivity index (χ1) is 11.6. The molecule has 128 valence electrons. The maximum Gasteiger partial charge on any atom is 0.256 e. The molecule has 1 aliphatic heterocycles. The summed E-state index contributed by atoms with van der Waals surface area (Å²) in [5.41, 5.74) is 2.90. The van der Waals surface area contributed by atoms with Crippen LogP contribution in [-0.4, -0.2) is 39.2 Å². The van der Waals surface area contributed by atoms with Crippen molar-refractivity contribution in [2.75, 3.05) is 13.1 Å². The van der Waals surface area contributed by atoms with E-state index in [1.54, 1.807) is 29.2 Å². The normalized spacial score (nSPS) is 17.0. The third-order valence-corrected chi connectivity index (χ3v) is 5.13. The second kappa shape index (κ2) is 7.36. The van der Waals surface area contributed by atoms with Gasteiger partial charge in [0.1, 0.15) is 0 Å². The maximum atomic E-state index is 12.6. The van der Waals surface area contributed by atoms with Gasteiger partial charge >= 0.3 is 0 Å². The van der Waals surface area contributed by atoms with Gasteiger partial charge in [-0.3, -0.25) is 9.89 Å². The molecule has 0 unspecified atom stereocenters. The number of benzene rings is 1. The highest BCUT2D eigenvalue weighted by Gasteiger charge is 2.30. The molecule has 1 saturated heterocycles. The number of nitrogens with one attached hydrogen (secondary N) is 1. The van der Waals surface area contributed by atoms with Crippen LogP contribution in [0.5, 0.6) is 0 Å². The second-order valence-corrected chi connectivity index (χ2v) is 6.59. The first kappa shape index (κ1) is 17.0. The number of piperidine rings is 1. The summed E-state index contributed by atoms with van der Waals surface area (Å²) in [6.45, 7) is 3.38. The largest absolute Gasteiger partial charge is 0.378 e. The van der Waals surface area contributed by atoms with Crippen LogP contribution >= 0.6 is 11.6 Å². The van der Waals surface area contributed by atoms with E-state index in [0.717, 1.165) is 19.3 Å². The zero-order chi connectivity index (χ0) is 17.1. The van der Waals surface area contributed by atoms with Crippen LogP contribution in [0.2, 0.25) is 5.02 Å². The summed E-state index contributed by atoms with van der Waals surface area (Å²) >= 11 is 6.08. The number of rotatable bonds is 4. The fourth-order valence-corrected chi connectivity index (χ4v) is 3.59. The second-order valence-electron chi connectivity index (χ2n) is 6.19. The zero-order valence-electron chi connectivity index (χ0n) is 13.7. The lowest BCUT2D eigenvalue weighted by Crippen LogP contribution is -2.40. The van der Waals surface area contributed by atoms with E-state index >= 15 is 0 Å². The summed E-state index contributed by atoms with van der Waals surface area (Å²) in [6.07, 6.45) is 3.38. The summed E-state index contributed by atoms with van der Waals surface area (Å²) < 4.78 is 0. The number of aromatic nitrogens is 2. The highest BCUT2D eigenvalue weighted by atomic mass is 35.5. The molecule has 0 spiro atoms. The molecule has 1 aromatic carbocycles. The molecular weight excluding hydrogens is 326 g/mol. The summed E-state index contributed by atoms with van der Waals surface area (Å²) in [5, 5.41) is 18.0. The van der Waals surface area contributed by atoms with Crippen molar-refractivity contribution in [3.8, 4) is 0 Å². The third-order valence-electron chi connectivity index (χ3n) is 4.78. The molecule has 1 atom stereocenters. The molecular formula is C18H22ClN3O2. The van der Waals surface area contributed by atoms with Gasteiger partial charge in [-0.15, -0.1) is 0 Å². The first-order valence-electron chi connectivity index (χ1n) is 8.35. The van der Waals surface area contributed by atoms with Gasteiger partial charge < -0.3 is 10.0 Å². The minimum Gasteiger partial charge on any atom is -0.378 e. The van der Waals surface area contributed by atoms with Gasteiger partial charge in [0.15, 0.2) is 6.10 Å². The molecule has 2 N–H and O–H groups in total. The van der Waals surface area contributed by atoms with Crippen LogP contribution in [0, 0.1) is 0 Å². The van der Waals surface area contributed by atoms with Gasteiger partial charge in [0.05, 0.1) is 6.20 Å². The molecule has 6 heteroatoms. The average molecular weight is 348 g/mol. The fourth-order valence-electron chi connectivity index (χ4n) is 3.35. The Morgan fingerprint density at radius 3 is 2.79 bits per heavy atom. The van der Waals surface area contributed by atoms with Gasteiger partial charge in [-0.25, -0.2) is 0 Å². The van der Waals surface area contributed by atoms with Gasteiger partial charge in [-0.1, -0.05) is 36.7 Å². The molecule has 0 saturated carbocycles. The lowest BCUT2D eigenvalue weighted by Gasteiger charge is -2.33. The van der Waals surface area contributed by atoms with Crippen molar-refractivity contribution in [1.82, 2.24) is 15.1 Å². The quantitative estimate of drug-likeness (QED) is 0.893. The number of aromatic amines is 1. The van der Waals surface area contributed by atoms with Crippen LogP contribution in [0.1, 0.15) is 48.6 Å². The number of carbonyl (C=O) groups is 1. The highest BCUT2D eigenvalue weighted by Crippen LogP contribution is 2.31. The van der Waals surface area contributed by atoms with E-state index in [1.165, 1.54) is 11.3 Å². The Balaban J connectivity index is 1.64. The topological polar surface area (TPSA) is 69.2 Å². The van der Waals surface area contributed by atoms with E-state index < -0.39 is 6.10 Å². The van der Waals surface area contributed by atoms with E-state index in [-0.39, 0.29) is 5.91 Å². The molecule has 0 bridgehead atoms. The van der Waals surface area contributed by atoms with Crippen LogP contribution in [-0.2, 0) is 11.2 Å². The number of H-pyrrole nitrogens is 1. The number of hydrogen-bond acceptors (Lipinski definition) is 3. The number of aliphatic hydroxyl groups is 1. The summed E-state index contributed by atoms with van der Waals surface area (Å²) in [6, 6.07) is 6.93. The predicted octanol–water partition coefficient (Wildman–Crippen LogP) is 3.07. The number of amides is 1. The van der Waals surface area contributed by atoms with Gasteiger partial charge in [0, 0.05) is 35.3 Å². The van der Waals surface area contributed by atoms with E-state index in [4.69, 9.17) is 11.6 Å². The number of hydrogen-bond donors (Lipinski definition) is 2. The fraction of sp³-hybridized carbons (Fsp3) is 0.444. The Morgan fingerprint density at radius 2 is 2.12 bits per heavy atom. The summed E-state index contributed by atoms with van der Waals surface area (Å²) in [7, 11) is 0. The lowest BCUT2D eigenvalue weighted by atomic mass is 9.90. The van der Waals surface area contributed by atoms with Crippen molar-refractivity contribution in [2.24, 2.45) is 0 Å². The number of aliphatic hydroxyl groups excluding tert-OH is 1. The minimum atomic E-state index is -1.20. The van der Waals surface area contributed by atoms with Crippen LogP contribution in [0.15, 0.2) is 30.5 Å². The maximum absolute atomic E-state index is 12.6. The first-order valence-corrected chi connectivity index (χ1v) is 8.73. The highest BCUT2D eigenvalue weighted by molar-refractivity contribution is 6.31. The van der Waals surface area contributed by atoms with Gasteiger partial charge in [0.25, 0.3) is 5.91 Å². The van der Waals surface area contributed by atoms with Crippen molar-refractivity contribution in [3.63, 3.8) is 0 Å². The average Bonchev–Trinajstić information content (AvgIpc) is 3.10. The Hall–Kier alpha value is -1.85. The monoisotopic (exact) mass is 347 g/mol.